The third-order valence-electron chi connectivity index (χ3n) is 6.27. The molecule has 4 nitrogen and oxygen atoms in total. The van der Waals surface area contributed by atoms with Crippen LogP contribution in [0.4, 0.5) is 57.1 Å². The van der Waals surface area contributed by atoms with Gasteiger partial charge >= 0.3 is 35.8 Å². The van der Waals surface area contributed by atoms with Gasteiger partial charge in [-0.1, -0.05) is 30.3 Å². The first-order chi connectivity index (χ1) is 19.1. The normalized spacial score (nSPS) is 14.5. The zero-order valence-electron chi connectivity index (χ0n) is 21.0. The highest BCUT2D eigenvalue weighted by atomic mass is 19.4. The number of aromatic nitrogens is 2. The minimum absolute atomic E-state index is 0.0450. The molecule has 3 aromatic rings. The van der Waals surface area contributed by atoms with Gasteiger partial charge in [-0.3, -0.25) is 9.36 Å². The maximum Gasteiger partial charge on any atom is 0.460 e. The van der Waals surface area contributed by atoms with E-state index < -0.39 is 58.9 Å². The number of hydrogen-bond acceptors (Lipinski definition) is 3. The lowest BCUT2D eigenvalue weighted by Gasteiger charge is -2.41. The van der Waals surface area contributed by atoms with Gasteiger partial charge in [0.15, 0.2) is 5.82 Å². The van der Waals surface area contributed by atoms with Crippen LogP contribution >= 0.6 is 0 Å². The van der Waals surface area contributed by atoms with Crippen LogP contribution in [0.5, 0.6) is 5.75 Å². The van der Waals surface area contributed by atoms with E-state index in [1.165, 1.54) is 31.2 Å². The van der Waals surface area contributed by atoms with Crippen LogP contribution in [-0.2, 0) is 0 Å². The lowest BCUT2D eigenvalue weighted by molar-refractivity contribution is -0.440. The third-order valence-corrected chi connectivity index (χ3v) is 6.27. The zero-order valence-corrected chi connectivity index (χ0v) is 21.0. The van der Waals surface area contributed by atoms with Crippen molar-refractivity contribution in [2.75, 3.05) is 7.11 Å². The van der Waals surface area contributed by atoms with Crippen molar-refractivity contribution < 1.29 is 66.6 Å². The number of halogens is 13. The molecule has 0 radical (unpaired) electrons. The minimum atomic E-state index is -8.11. The zero-order chi connectivity index (χ0) is 32.1. The smallest absolute Gasteiger partial charge is 0.460 e. The molecule has 0 saturated carbocycles. The molecule has 0 amide bonds. The summed E-state index contributed by atoms with van der Waals surface area (Å²) >= 11 is 0. The standard InChI is InChI=1S/C25H17F13N2O2/c1-13-5-3-4-6-16(13)40-12-11-39-19(40)18(41)17(14-7-9-15(42-2)10-8-14)20(26,27)21(28,29)22(30,31)23(32,33)24(34,35)25(36,37)38/h3-12,17H,1-2H3/t17-/m1/s1. The number of ether oxygens (including phenoxy) is 1. The maximum atomic E-state index is 15.5. The van der Waals surface area contributed by atoms with Gasteiger partial charge in [-0.05, 0) is 36.2 Å². The number of para-hydroxylation sites is 1. The monoisotopic (exact) mass is 624 g/mol. The van der Waals surface area contributed by atoms with Gasteiger partial charge in [-0.25, -0.2) is 4.98 Å². The number of alkyl halides is 13. The van der Waals surface area contributed by atoms with Crippen LogP contribution in [-0.4, -0.2) is 58.2 Å². The Labute approximate surface area is 227 Å². The number of aryl methyl sites for hydroxylation is 1. The minimum Gasteiger partial charge on any atom is -0.497 e. The Morgan fingerprint density at radius 3 is 1.79 bits per heavy atom. The molecule has 0 unspecified atom stereocenters. The molecule has 0 spiro atoms. The summed E-state index contributed by atoms with van der Waals surface area (Å²) in [4.78, 5) is 16.9. The summed E-state index contributed by atoms with van der Waals surface area (Å²) in [6.45, 7) is 1.46. The summed E-state index contributed by atoms with van der Waals surface area (Å²) in [5.41, 5.74) is -0.849. The molecule has 0 saturated heterocycles. The van der Waals surface area contributed by atoms with Crippen LogP contribution in [0, 0.1) is 6.92 Å². The fraction of sp³-hybridized carbons (Fsp3) is 0.360. The number of carbonyl (C=O) groups is 1. The lowest BCUT2D eigenvalue weighted by Crippen LogP contribution is -2.71. The quantitative estimate of drug-likeness (QED) is 0.170. The van der Waals surface area contributed by atoms with E-state index in [4.69, 9.17) is 4.74 Å². The molecule has 1 atom stereocenters. The summed E-state index contributed by atoms with van der Waals surface area (Å²) in [6, 6.07) is 8.17. The van der Waals surface area contributed by atoms with Gasteiger partial charge in [-0.15, -0.1) is 0 Å². The van der Waals surface area contributed by atoms with E-state index in [2.05, 4.69) is 4.98 Å². The fourth-order valence-electron chi connectivity index (χ4n) is 3.93. The van der Waals surface area contributed by atoms with Gasteiger partial charge in [-0.2, -0.15) is 57.1 Å². The first-order valence-electron chi connectivity index (χ1n) is 11.3. The molecule has 0 aliphatic heterocycles. The number of benzene rings is 2. The molecule has 1 heterocycles. The van der Waals surface area contributed by atoms with Gasteiger partial charge in [0.25, 0.3) is 0 Å². The third kappa shape index (κ3) is 4.85. The molecule has 2 aromatic carbocycles. The van der Waals surface area contributed by atoms with Crippen molar-refractivity contribution in [1.82, 2.24) is 9.55 Å². The van der Waals surface area contributed by atoms with E-state index >= 15 is 8.78 Å². The molecule has 1 aromatic heterocycles. The van der Waals surface area contributed by atoms with E-state index in [-0.39, 0.29) is 11.4 Å². The van der Waals surface area contributed by atoms with E-state index in [0.29, 0.717) is 17.7 Å². The SMILES string of the molecule is COc1ccc([C@H](C(=O)c2nccn2-c2ccccc2C)C(F)(F)C(F)(F)C(F)(F)C(F)(F)C(F)(F)C(F)(F)F)cc1. The van der Waals surface area contributed by atoms with Gasteiger partial charge in [0, 0.05) is 12.4 Å². The van der Waals surface area contributed by atoms with Crippen molar-refractivity contribution >= 4 is 5.78 Å². The predicted octanol–water partition coefficient (Wildman–Crippen LogP) is 7.89. The average molecular weight is 624 g/mol. The Kier molecular flexibility index (Phi) is 8.17. The lowest BCUT2D eigenvalue weighted by atomic mass is 9.81. The van der Waals surface area contributed by atoms with Crippen molar-refractivity contribution in [3.8, 4) is 11.4 Å². The Hall–Kier alpha value is -3.79. The highest BCUT2D eigenvalue weighted by molar-refractivity contribution is 5.99. The van der Waals surface area contributed by atoms with E-state index in [0.717, 1.165) is 36.2 Å². The van der Waals surface area contributed by atoms with Crippen molar-refractivity contribution in [3.63, 3.8) is 0 Å². The largest absolute Gasteiger partial charge is 0.497 e. The number of carbonyl (C=O) groups excluding carboxylic acids is 1. The summed E-state index contributed by atoms with van der Waals surface area (Å²) in [7, 11) is 1.06. The average Bonchev–Trinajstić information content (AvgIpc) is 3.38. The summed E-state index contributed by atoms with van der Waals surface area (Å²) in [5.74, 6) is -45.8. The van der Waals surface area contributed by atoms with E-state index in [9.17, 15) is 53.1 Å². The topological polar surface area (TPSA) is 44.1 Å². The number of hydrogen-bond donors (Lipinski definition) is 0. The van der Waals surface area contributed by atoms with Crippen molar-refractivity contribution in [1.29, 1.82) is 0 Å². The van der Waals surface area contributed by atoms with Crippen molar-refractivity contribution in [2.45, 2.75) is 48.6 Å². The molecule has 0 aliphatic carbocycles. The van der Waals surface area contributed by atoms with Crippen LogP contribution in [0.15, 0.2) is 60.9 Å². The van der Waals surface area contributed by atoms with Gasteiger partial charge in [0.05, 0.1) is 12.8 Å². The van der Waals surface area contributed by atoms with Crippen molar-refractivity contribution in [3.05, 3.63) is 77.9 Å². The predicted molar refractivity (Wildman–Crippen MR) is 119 cm³/mol. The number of ketones is 1. The first kappa shape index (κ1) is 32.7. The Bertz CT molecular complexity index is 1430. The van der Waals surface area contributed by atoms with Crippen LogP contribution in [0.2, 0.25) is 0 Å². The molecule has 0 fully saturated rings. The Balaban J connectivity index is 2.27. The number of imidazole rings is 1. The van der Waals surface area contributed by atoms with Crippen molar-refractivity contribution in [2.24, 2.45) is 0 Å². The van der Waals surface area contributed by atoms with E-state index in [1.54, 1.807) is 0 Å². The highest BCUT2D eigenvalue weighted by Gasteiger charge is 2.91. The second kappa shape index (κ2) is 10.5. The number of methoxy groups -OCH3 is 1. The highest BCUT2D eigenvalue weighted by Crippen LogP contribution is 2.62. The second-order valence-electron chi connectivity index (χ2n) is 8.90. The summed E-state index contributed by atoms with van der Waals surface area (Å²) in [6.07, 6.45) is -5.77. The molecule has 230 valence electrons. The molecule has 0 aliphatic rings. The maximum absolute atomic E-state index is 15.5. The molecular weight excluding hydrogens is 607 g/mol. The van der Waals surface area contributed by atoms with Gasteiger partial charge in [0.2, 0.25) is 5.78 Å². The second-order valence-corrected chi connectivity index (χ2v) is 8.90. The number of rotatable bonds is 10. The molecule has 0 bridgehead atoms. The van der Waals surface area contributed by atoms with Gasteiger partial charge < -0.3 is 4.74 Å². The molecule has 42 heavy (non-hydrogen) atoms. The van der Waals surface area contributed by atoms with Crippen LogP contribution < -0.4 is 4.74 Å². The van der Waals surface area contributed by atoms with Crippen LogP contribution in [0.3, 0.4) is 0 Å². The van der Waals surface area contributed by atoms with Crippen LogP contribution in [0.1, 0.15) is 27.7 Å². The number of nitrogens with zero attached hydrogens (tertiary/aromatic N) is 2. The first-order valence-corrected chi connectivity index (χ1v) is 11.3. The Morgan fingerprint density at radius 2 is 1.29 bits per heavy atom. The fourth-order valence-corrected chi connectivity index (χ4v) is 3.93. The summed E-state index contributed by atoms with van der Waals surface area (Å²) < 4.78 is 187. The van der Waals surface area contributed by atoms with Gasteiger partial charge in [0.1, 0.15) is 11.7 Å². The van der Waals surface area contributed by atoms with E-state index in [1.807, 2.05) is 0 Å². The summed E-state index contributed by atoms with van der Waals surface area (Å²) in [5, 5.41) is 0. The molecular formula is C25H17F13N2O2. The molecule has 17 heteroatoms. The van der Waals surface area contributed by atoms with Crippen LogP contribution in [0.25, 0.3) is 5.69 Å². The molecule has 0 N–H and O–H groups in total. The number of Topliss-reactive ketones (excluding diaryl/α,β-unsaturated/α-hetero) is 1. The Morgan fingerprint density at radius 1 is 0.762 bits per heavy atom. The molecule has 3 rings (SSSR count).